The zero-order chi connectivity index (χ0) is 8.69. The molecule has 0 saturated carbocycles. The van der Waals surface area contributed by atoms with E-state index in [9.17, 15) is 4.79 Å². The van der Waals surface area contributed by atoms with Crippen molar-refractivity contribution < 1.29 is 4.79 Å². The van der Waals surface area contributed by atoms with Gasteiger partial charge in [0.2, 0.25) is 0 Å². The monoisotopic (exact) mass is 269 g/mol. The van der Waals surface area contributed by atoms with Gasteiger partial charge in [-0.1, -0.05) is 0 Å². The third-order valence-electron chi connectivity index (χ3n) is 1.12. The lowest BCUT2D eigenvalue weighted by Gasteiger charge is -2.00. The summed E-state index contributed by atoms with van der Waals surface area (Å²) in [5, 5.41) is 9.48. The van der Waals surface area contributed by atoms with E-state index < -0.39 is 0 Å². The Hall–Kier alpha value is -0.330. The van der Waals surface area contributed by atoms with Gasteiger partial charge >= 0.3 is 0 Å². The van der Waals surface area contributed by atoms with Gasteiger partial charge < -0.3 is 11.1 Å². The molecular formula is C6H12IN3O. The minimum atomic E-state index is -0.00852. The van der Waals surface area contributed by atoms with Crippen LogP contribution in [0, 0.1) is 5.41 Å². The molecule has 4 N–H and O–H groups in total. The number of rotatable bonds is 5. The van der Waals surface area contributed by atoms with Gasteiger partial charge in [-0.25, -0.2) is 0 Å². The fraction of sp³-hybridized carbons (Fsp3) is 0.667. The highest BCUT2D eigenvalue weighted by Crippen LogP contribution is 1.99. The van der Waals surface area contributed by atoms with Crippen LogP contribution in [-0.4, -0.2) is 16.3 Å². The van der Waals surface area contributed by atoms with Crippen molar-refractivity contribution >= 4 is 32.3 Å². The molecule has 0 atom stereocenters. The average molecular weight is 269 g/mol. The quantitative estimate of drug-likeness (QED) is 0.225. The van der Waals surface area contributed by atoms with Crippen molar-refractivity contribution in [3.05, 3.63) is 0 Å². The highest BCUT2D eigenvalue weighted by Gasteiger charge is 1.94. The van der Waals surface area contributed by atoms with Gasteiger partial charge in [-0.2, -0.15) is 0 Å². The van der Waals surface area contributed by atoms with E-state index in [4.69, 9.17) is 11.1 Å². The number of hydrogen-bond acceptors (Lipinski definition) is 2. The topological polar surface area (TPSA) is 79.0 Å². The maximum atomic E-state index is 10.4. The summed E-state index contributed by atoms with van der Waals surface area (Å²) in [5.74, 6) is -0.00852. The molecule has 5 heteroatoms. The Balaban J connectivity index is 3.03. The van der Waals surface area contributed by atoms with E-state index in [2.05, 4.69) is 5.32 Å². The SMILES string of the molecule is N=C(N)NCCCCC(=O)I. The molecule has 0 bridgehead atoms. The summed E-state index contributed by atoms with van der Waals surface area (Å²) in [7, 11) is 0. The Bertz CT molecular complexity index is 133. The highest BCUT2D eigenvalue weighted by atomic mass is 127. The number of carbonyl (C=O) groups is 1. The molecule has 0 saturated heterocycles. The van der Waals surface area contributed by atoms with Crippen molar-refractivity contribution in [3.63, 3.8) is 0 Å². The van der Waals surface area contributed by atoms with E-state index in [1.165, 1.54) is 0 Å². The molecule has 0 heterocycles. The van der Waals surface area contributed by atoms with Gasteiger partial charge in [0.25, 0.3) is 0 Å². The van der Waals surface area contributed by atoms with Crippen molar-refractivity contribution in [1.29, 1.82) is 5.41 Å². The third-order valence-corrected chi connectivity index (χ3v) is 1.65. The zero-order valence-corrected chi connectivity index (χ0v) is 8.35. The molecular weight excluding hydrogens is 257 g/mol. The summed E-state index contributed by atoms with van der Waals surface area (Å²) in [6.07, 6.45) is 2.36. The van der Waals surface area contributed by atoms with E-state index in [1.54, 1.807) is 22.6 Å². The minimum Gasteiger partial charge on any atom is -0.370 e. The van der Waals surface area contributed by atoms with E-state index in [0.717, 1.165) is 12.8 Å². The van der Waals surface area contributed by atoms with Gasteiger partial charge in [0, 0.05) is 13.0 Å². The first-order valence-corrected chi connectivity index (χ1v) is 4.47. The van der Waals surface area contributed by atoms with Crippen molar-refractivity contribution in [2.24, 2.45) is 5.73 Å². The van der Waals surface area contributed by atoms with Crippen LogP contribution in [0.3, 0.4) is 0 Å². The van der Waals surface area contributed by atoms with Crippen LogP contribution in [0.2, 0.25) is 0 Å². The average Bonchev–Trinajstić information content (AvgIpc) is 1.85. The molecule has 0 rings (SSSR count). The van der Waals surface area contributed by atoms with E-state index >= 15 is 0 Å². The standard InChI is InChI=1S/C6H12IN3O/c7-5(11)3-1-2-4-10-6(8)9/h1-4H2,(H4,8,9,10). The highest BCUT2D eigenvalue weighted by molar-refractivity contribution is 14.1. The molecule has 0 aromatic carbocycles. The second-order valence-corrected chi connectivity index (χ2v) is 3.36. The smallest absolute Gasteiger partial charge is 0.192 e. The Kier molecular flexibility index (Phi) is 6.19. The van der Waals surface area contributed by atoms with Crippen LogP contribution in [0.15, 0.2) is 0 Å². The van der Waals surface area contributed by atoms with Crippen LogP contribution < -0.4 is 11.1 Å². The van der Waals surface area contributed by atoms with Crippen LogP contribution in [0.1, 0.15) is 19.3 Å². The van der Waals surface area contributed by atoms with Crippen molar-refractivity contribution in [1.82, 2.24) is 5.32 Å². The normalized spacial score (nSPS) is 9.18. The van der Waals surface area contributed by atoms with Gasteiger partial charge in [-0.15, -0.1) is 0 Å². The second kappa shape index (κ2) is 6.38. The van der Waals surface area contributed by atoms with Crippen LogP contribution in [0.4, 0.5) is 0 Å². The van der Waals surface area contributed by atoms with Crippen LogP contribution in [0.5, 0.6) is 0 Å². The Morgan fingerprint density at radius 3 is 2.64 bits per heavy atom. The van der Waals surface area contributed by atoms with Gasteiger partial charge in [0.05, 0.1) is 0 Å². The van der Waals surface area contributed by atoms with E-state index in [0.29, 0.717) is 13.0 Å². The Morgan fingerprint density at radius 2 is 2.18 bits per heavy atom. The first-order chi connectivity index (χ1) is 5.13. The van der Waals surface area contributed by atoms with Gasteiger partial charge in [-0.3, -0.25) is 10.2 Å². The molecule has 0 radical (unpaired) electrons. The summed E-state index contributed by atoms with van der Waals surface area (Å²) in [6.45, 7) is 0.680. The van der Waals surface area contributed by atoms with Crippen LogP contribution in [0.25, 0.3) is 0 Å². The van der Waals surface area contributed by atoms with E-state index in [1.807, 2.05) is 0 Å². The molecule has 0 spiro atoms. The molecule has 4 nitrogen and oxygen atoms in total. The Morgan fingerprint density at radius 1 is 1.55 bits per heavy atom. The van der Waals surface area contributed by atoms with Crippen molar-refractivity contribution in [3.8, 4) is 0 Å². The number of halogens is 1. The molecule has 0 fully saturated rings. The molecule has 0 amide bonds. The largest absolute Gasteiger partial charge is 0.370 e. The molecule has 11 heavy (non-hydrogen) atoms. The molecule has 0 aliphatic rings. The molecule has 0 aromatic rings. The summed E-state index contributed by atoms with van der Waals surface area (Å²) in [5.41, 5.74) is 5.04. The lowest BCUT2D eigenvalue weighted by molar-refractivity contribution is -0.109. The maximum Gasteiger partial charge on any atom is 0.192 e. The van der Waals surface area contributed by atoms with Crippen LogP contribution >= 0.6 is 22.6 Å². The predicted molar refractivity (Wildman–Crippen MR) is 52.8 cm³/mol. The first kappa shape index (κ1) is 10.7. The lowest BCUT2D eigenvalue weighted by Crippen LogP contribution is -2.30. The van der Waals surface area contributed by atoms with Gasteiger partial charge in [-0.05, 0) is 35.4 Å². The number of nitrogens with two attached hydrogens (primary N) is 1. The number of hydrogen-bond donors (Lipinski definition) is 3. The number of guanidine groups is 1. The first-order valence-electron chi connectivity index (χ1n) is 3.39. The maximum absolute atomic E-state index is 10.4. The van der Waals surface area contributed by atoms with Gasteiger partial charge in [0.15, 0.2) is 9.75 Å². The molecule has 64 valence electrons. The summed E-state index contributed by atoms with van der Waals surface area (Å²) >= 11 is 1.78. The fourth-order valence-corrected chi connectivity index (χ4v) is 0.993. The van der Waals surface area contributed by atoms with Crippen molar-refractivity contribution in [2.45, 2.75) is 19.3 Å². The lowest BCUT2D eigenvalue weighted by atomic mass is 10.2. The Labute approximate surface area is 79.6 Å². The van der Waals surface area contributed by atoms with E-state index in [-0.39, 0.29) is 9.75 Å². The number of carbonyl (C=O) groups excluding carboxylic acids is 1. The summed E-state index contributed by atoms with van der Waals surface area (Å²) < 4.78 is 0.186. The zero-order valence-electron chi connectivity index (χ0n) is 6.19. The summed E-state index contributed by atoms with van der Waals surface area (Å²) in [4.78, 5) is 10.4. The number of nitrogens with one attached hydrogen (secondary N) is 2. The number of unbranched alkanes of at least 4 members (excludes halogenated alkanes) is 1. The molecule has 0 aliphatic carbocycles. The minimum absolute atomic E-state index is 0.00852. The molecule has 0 unspecified atom stereocenters. The molecule has 0 aromatic heterocycles. The second-order valence-electron chi connectivity index (χ2n) is 2.15. The van der Waals surface area contributed by atoms with Gasteiger partial charge in [0.1, 0.15) is 0 Å². The third kappa shape index (κ3) is 9.67. The van der Waals surface area contributed by atoms with Crippen molar-refractivity contribution in [2.75, 3.05) is 6.54 Å². The predicted octanol–water partition coefficient (Wildman–Crippen LogP) is 0.601. The van der Waals surface area contributed by atoms with Crippen LogP contribution in [-0.2, 0) is 4.79 Å². The molecule has 0 aliphatic heterocycles. The summed E-state index contributed by atoms with van der Waals surface area (Å²) in [6, 6.07) is 0. The fourth-order valence-electron chi connectivity index (χ4n) is 0.612.